The summed E-state index contributed by atoms with van der Waals surface area (Å²) < 4.78 is 49.6. The number of nitrogens with two attached hydrogens (primary N) is 1. The van der Waals surface area contributed by atoms with Gasteiger partial charge in [-0.1, -0.05) is 68.5 Å². The van der Waals surface area contributed by atoms with Gasteiger partial charge in [-0.25, -0.2) is 0 Å². The van der Waals surface area contributed by atoms with E-state index in [4.69, 9.17) is 43.6 Å². The number of halogens is 1. The minimum Gasteiger partial charge on any atom is -0.492 e. The SMILES string of the molecule is COCO[C@@H](/C(C)=C/[C@H](C)[C@@H](OCc1ccccc1)[C@H](C[C@H](C)Cc1c(OC(C)C)c(Br)cc(OC(C)C)c1OC)OC)[C@H](/C=C\C=C(/C)C(N)=O)OC. The molecule has 0 aliphatic carbocycles. The van der Waals surface area contributed by atoms with E-state index in [1.807, 2.05) is 65.0 Å². The van der Waals surface area contributed by atoms with Crippen LogP contribution in [0.3, 0.4) is 0 Å². The van der Waals surface area contributed by atoms with Crippen molar-refractivity contribution in [2.24, 2.45) is 17.6 Å². The average Bonchev–Trinajstić information content (AvgIpc) is 3.11. The van der Waals surface area contributed by atoms with Crippen LogP contribution >= 0.6 is 15.9 Å². The van der Waals surface area contributed by atoms with E-state index in [0.29, 0.717) is 36.5 Å². The second-order valence-electron chi connectivity index (χ2n) is 14.2. The standard InChI is InChI=1S/C43H64BrNO9/c1-27(2)53-38-24-35(44)41(54-28(3)4)34(42(38)50-12)21-29(5)22-37(49-11)40(51-25-33-18-14-13-15-19-33)32(8)23-31(7)39(52-26-47-9)36(48-10)20-16-17-30(6)43(45)46/h13-20,23-24,27-29,32,36-37,39-40H,21-22,25-26H2,1-12H3,(H2,45,46)/b20-16-,30-17+,31-23+/t29-,32+,36+,37+,39+,40-/m1/s1. The van der Waals surface area contributed by atoms with E-state index in [0.717, 1.165) is 26.9 Å². The average molecular weight is 819 g/mol. The second kappa shape index (κ2) is 24.3. The second-order valence-corrected chi connectivity index (χ2v) is 15.0. The van der Waals surface area contributed by atoms with Crippen LogP contribution in [-0.4, -0.2) is 77.8 Å². The first-order chi connectivity index (χ1) is 25.7. The fourth-order valence-corrected chi connectivity index (χ4v) is 6.78. The predicted molar refractivity (Wildman–Crippen MR) is 218 cm³/mol. The van der Waals surface area contributed by atoms with E-state index in [1.165, 1.54) is 0 Å². The number of primary amides is 1. The highest BCUT2D eigenvalue weighted by atomic mass is 79.9. The van der Waals surface area contributed by atoms with Gasteiger partial charge in [0, 0.05) is 44.5 Å². The third-order valence-corrected chi connectivity index (χ3v) is 9.36. The van der Waals surface area contributed by atoms with E-state index >= 15 is 0 Å². The third-order valence-electron chi connectivity index (χ3n) is 8.77. The molecule has 1 amide bonds. The van der Waals surface area contributed by atoms with Gasteiger partial charge < -0.3 is 43.6 Å². The quantitative estimate of drug-likeness (QED) is 0.0454. The number of hydrogen-bond acceptors (Lipinski definition) is 9. The molecule has 0 aliphatic heterocycles. The molecule has 0 aromatic heterocycles. The number of methoxy groups -OCH3 is 4. The van der Waals surface area contributed by atoms with Gasteiger partial charge >= 0.3 is 0 Å². The minimum absolute atomic E-state index is 0.0381. The molecule has 2 aromatic rings. The molecule has 0 fully saturated rings. The van der Waals surface area contributed by atoms with E-state index in [-0.39, 0.29) is 43.0 Å². The molecular weight excluding hydrogens is 754 g/mol. The molecule has 11 heteroatoms. The fraction of sp³-hybridized carbons (Fsp3) is 0.558. The van der Waals surface area contributed by atoms with Crippen molar-refractivity contribution in [1.82, 2.24) is 0 Å². The summed E-state index contributed by atoms with van der Waals surface area (Å²) in [6.45, 7) is 16.5. The largest absolute Gasteiger partial charge is 0.492 e. The number of carbonyl (C=O) groups is 1. The van der Waals surface area contributed by atoms with Gasteiger partial charge in [-0.2, -0.15) is 0 Å². The molecular formula is C43H64BrNO9. The first kappa shape index (κ1) is 47.0. The van der Waals surface area contributed by atoms with Crippen molar-refractivity contribution in [2.45, 2.75) is 111 Å². The zero-order chi connectivity index (χ0) is 40.4. The van der Waals surface area contributed by atoms with Crippen LogP contribution < -0.4 is 19.9 Å². The number of carbonyl (C=O) groups excluding carboxylic acids is 1. The van der Waals surface area contributed by atoms with Gasteiger partial charge in [-0.3, -0.25) is 4.79 Å². The van der Waals surface area contributed by atoms with Crippen LogP contribution in [0, 0.1) is 11.8 Å². The van der Waals surface area contributed by atoms with Gasteiger partial charge in [0.15, 0.2) is 11.5 Å². The van der Waals surface area contributed by atoms with Crippen molar-refractivity contribution in [2.75, 3.05) is 35.2 Å². The van der Waals surface area contributed by atoms with Crippen LogP contribution in [0.1, 0.15) is 72.9 Å². The molecule has 2 N–H and O–H groups in total. The van der Waals surface area contributed by atoms with Crippen molar-refractivity contribution in [3.05, 3.63) is 87.4 Å². The lowest BCUT2D eigenvalue weighted by molar-refractivity contribution is -0.114. The molecule has 10 nitrogen and oxygen atoms in total. The highest BCUT2D eigenvalue weighted by molar-refractivity contribution is 9.10. The Bertz CT molecular complexity index is 1510. The van der Waals surface area contributed by atoms with Gasteiger partial charge in [0.1, 0.15) is 24.8 Å². The van der Waals surface area contributed by atoms with Crippen LogP contribution in [0.2, 0.25) is 0 Å². The third kappa shape index (κ3) is 15.2. The summed E-state index contributed by atoms with van der Waals surface area (Å²) in [7, 11) is 6.59. The summed E-state index contributed by atoms with van der Waals surface area (Å²) in [4.78, 5) is 11.5. The number of rotatable bonds is 25. The summed E-state index contributed by atoms with van der Waals surface area (Å²) in [5.74, 6) is 1.59. The molecule has 0 spiro atoms. The van der Waals surface area contributed by atoms with Gasteiger partial charge in [-0.05, 0) is 87.4 Å². The first-order valence-electron chi connectivity index (χ1n) is 18.5. The molecule has 54 heavy (non-hydrogen) atoms. The van der Waals surface area contributed by atoms with E-state index < -0.39 is 18.1 Å². The smallest absolute Gasteiger partial charge is 0.244 e. The zero-order valence-corrected chi connectivity index (χ0v) is 35.9. The monoisotopic (exact) mass is 817 g/mol. The van der Waals surface area contributed by atoms with E-state index in [2.05, 4.69) is 48.0 Å². The van der Waals surface area contributed by atoms with Crippen molar-refractivity contribution >= 4 is 21.8 Å². The van der Waals surface area contributed by atoms with E-state index in [1.54, 1.807) is 47.5 Å². The Hall–Kier alpha value is -3.19. The first-order valence-corrected chi connectivity index (χ1v) is 19.3. The summed E-state index contributed by atoms with van der Waals surface area (Å²) in [6.07, 6.45) is 7.06. The number of hydrogen-bond donors (Lipinski definition) is 1. The molecule has 0 aliphatic rings. The number of amides is 1. The van der Waals surface area contributed by atoms with Crippen LogP contribution in [-0.2, 0) is 41.5 Å². The maximum absolute atomic E-state index is 11.5. The highest BCUT2D eigenvalue weighted by Crippen LogP contribution is 2.45. The number of benzene rings is 2. The Balaban J connectivity index is 2.53. The van der Waals surface area contributed by atoms with Crippen LogP contribution in [0.4, 0.5) is 0 Å². The Labute approximate surface area is 332 Å². The maximum Gasteiger partial charge on any atom is 0.244 e. The minimum atomic E-state index is -0.490. The van der Waals surface area contributed by atoms with Crippen molar-refractivity contribution in [3.8, 4) is 17.2 Å². The molecule has 0 bridgehead atoms. The lowest BCUT2D eigenvalue weighted by Crippen LogP contribution is -2.38. The van der Waals surface area contributed by atoms with Gasteiger partial charge in [-0.15, -0.1) is 0 Å². The van der Waals surface area contributed by atoms with Crippen molar-refractivity contribution < 1.29 is 42.7 Å². The summed E-state index contributed by atoms with van der Waals surface area (Å²) in [5, 5.41) is 0. The van der Waals surface area contributed by atoms with E-state index in [9.17, 15) is 4.79 Å². The fourth-order valence-electron chi connectivity index (χ4n) is 6.24. The van der Waals surface area contributed by atoms with Crippen LogP contribution in [0.25, 0.3) is 0 Å². The lowest BCUT2D eigenvalue weighted by Gasteiger charge is -2.33. The molecule has 0 unspecified atom stereocenters. The van der Waals surface area contributed by atoms with Gasteiger partial charge in [0.25, 0.3) is 0 Å². The van der Waals surface area contributed by atoms with Crippen molar-refractivity contribution in [1.29, 1.82) is 0 Å². The highest BCUT2D eigenvalue weighted by Gasteiger charge is 2.32. The molecule has 2 aromatic carbocycles. The van der Waals surface area contributed by atoms with Crippen LogP contribution in [0.15, 0.2) is 76.3 Å². The normalized spacial score (nSPS) is 16.0. The zero-order valence-electron chi connectivity index (χ0n) is 34.4. The maximum atomic E-state index is 11.5. The Morgan fingerprint density at radius 2 is 1.56 bits per heavy atom. The molecule has 0 saturated carbocycles. The summed E-state index contributed by atoms with van der Waals surface area (Å²) in [5.41, 5.74) is 8.76. The molecule has 6 atom stereocenters. The van der Waals surface area contributed by atoms with Crippen molar-refractivity contribution in [3.63, 3.8) is 0 Å². The summed E-state index contributed by atoms with van der Waals surface area (Å²) >= 11 is 3.75. The van der Waals surface area contributed by atoms with Gasteiger partial charge in [0.05, 0.1) is 42.6 Å². The van der Waals surface area contributed by atoms with Gasteiger partial charge in [0.2, 0.25) is 5.91 Å². The molecule has 0 radical (unpaired) electrons. The molecule has 302 valence electrons. The molecule has 0 heterocycles. The summed E-state index contributed by atoms with van der Waals surface area (Å²) in [6, 6.07) is 12.0. The Kier molecular flexibility index (Phi) is 21.2. The molecule has 0 saturated heterocycles. The number of ether oxygens (including phenoxy) is 8. The van der Waals surface area contributed by atoms with Crippen LogP contribution in [0.5, 0.6) is 17.2 Å². The topological polar surface area (TPSA) is 117 Å². The predicted octanol–water partition coefficient (Wildman–Crippen LogP) is 8.78. The number of allylic oxidation sites excluding steroid dienone is 2. The Morgan fingerprint density at radius 3 is 2.11 bits per heavy atom. The Morgan fingerprint density at radius 1 is 0.889 bits per heavy atom. The molecule has 2 rings (SSSR count). The lowest BCUT2D eigenvalue weighted by atomic mass is 9.87.